The van der Waals surface area contributed by atoms with Crippen LogP contribution in [0.5, 0.6) is 11.5 Å². The molecule has 2 aromatic rings. The number of benzene rings is 2. The topological polar surface area (TPSA) is 68.8 Å². The maximum Gasteiger partial charge on any atom is 0.338 e. The SMILES string of the molecule is CCOC(=O)C1=C(C)NC(=S)N[C@@H]1c1ccc(OCc2ccc(Cl)cc2Cl)c(OCC)c1. The molecule has 1 aliphatic rings. The molecule has 0 aromatic heterocycles. The van der Waals surface area contributed by atoms with Gasteiger partial charge in [-0.2, -0.15) is 0 Å². The fourth-order valence-corrected chi connectivity index (χ4v) is 4.04. The summed E-state index contributed by atoms with van der Waals surface area (Å²) < 4.78 is 17.0. The Labute approximate surface area is 202 Å². The maximum absolute atomic E-state index is 12.6. The Balaban J connectivity index is 1.90. The highest BCUT2D eigenvalue weighted by molar-refractivity contribution is 7.80. The monoisotopic (exact) mass is 494 g/mol. The lowest BCUT2D eigenvalue weighted by Gasteiger charge is -2.30. The van der Waals surface area contributed by atoms with Crippen molar-refractivity contribution in [2.24, 2.45) is 0 Å². The smallest absolute Gasteiger partial charge is 0.338 e. The van der Waals surface area contributed by atoms with Crippen molar-refractivity contribution >= 4 is 46.5 Å². The predicted octanol–water partition coefficient (Wildman–Crippen LogP) is 5.33. The first kappa shape index (κ1) is 24.2. The molecule has 6 nitrogen and oxygen atoms in total. The molecule has 170 valence electrons. The fourth-order valence-electron chi connectivity index (χ4n) is 3.31. The summed E-state index contributed by atoms with van der Waals surface area (Å²) in [4.78, 5) is 12.6. The van der Waals surface area contributed by atoms with Gasteiger partial charge in [-0.05, 0) is 62.8 Å². The molecule has 1 atom stereocenters. The van der Waals surface area contributed by atoms with Crippen LogP contribution in [0.25, 0.3) is 0 Å². The molecule has 2 aromatic carbocycles. The summed E-state index contributed by atoms with van der Waals surface area (Å²) in [6.45, 7) is 6.42. The van der Waals surface area contributed by atoms with Crippen LogP contribution in [-0.4, -0.2) is 24.3 Å². The number of rotatable bonds is 8. The van der Waals surface area contributed by atoms with Crippen molar-refractivity contribution < 1.29 is 19.0 Å². The standard InChI is InChI=1S/C23H24Cl2N2O4S/c1-4-29-19-10-14(21-20(22(28)30-5-2)13(3)26-23(32)27-21)7-9-18(19)31-12-15-6-8-16(24)11-17(15)25/h6-11,21H,4-5,12H2,1-3H3,(H2,26,27,32)/t21-/m1/s1. The van der Waals surface area contributed by atoms with Crippen molar-refractivity contribution in [3.63, 3.8) is 0 Å². The van der Waals surface area contributed by atoms with Crippen molar-refractivity contribution in [2.45, 2.75) is 33.4 Å². The lowest BCUT2D eigenvalue weighted by atomic mass is 9.95. The molecule has 0 saturated carbocycles. The summed E-state index contributed by atoms with van der Waals surface area (Å²) in [6.07, 6.45) is 0. The van der Waals surface area contributed by atoms with Gasteiger partial charge in [0.1, 0.15) is 6.61 Å². The van der Waals surface area contributed by atoms with Gasteiger partial charge in [0.2, 0.25) is 0 Å². The molecule has 0 radical (unpaired) electrons. The van der Waals surface area contributed by atoms with E-state index >= 15 is 0 Å². The average molecular weight is 495 g/mol. The summed E-state index contributed by atoms with van der Waals surface area (Å²) in [6, 6.07) is 10.3. The third-order valence-corrected chi connectivity index (χ3v) is 5.57. The Morgan fingerprint density at radius 2 is 1.84 bits per heavy atom. The van der Waals surface area contributed by atoms with Gasteiger partial charge >= 0.3 is 5.97 Å². The fraction of sp³-hybridized carbons (Fsp3) is 0.304. The second-order valence-electron chi connectivity index (χ2n) is 6.95. The van der Waals surface area contributed by atoms with E-state index in [0.717, 1.165) is 11.1 Å². The zero-order chi connectivity index (χ0) is 23.3. The van der Waals surface area contributed by atoms with Crippen LogP contribution >= 0.6 is 35.4 Å². The van der Waals surface area contributed by atoms with Crippen molar-refractivity contribution in [3.8, 4) is 11.5 Å². The van der Waals surface area contributed by atoms with Gasteiger partial charge in [-0.25, -0.2) is 4.79 Å². The number of hydrogen-bond donors (Lipinski definition) is 2. The van der Waals surface area contributed by atoms with Gasteiger partial charge in [-0.1, -0.05) is 35.3 Å². The Kier molecular flexibility index (Phi) is 8.23. The van der Waals surface area contributed by atoms with Crippen molar-refractivity contribution in [1.29, 1.82) is 0 Å². The van der Waals surface area contributed by atoms with Gasteiger partial charge in [0.25, 0.3) is 0 Å². The number of nitrogens with one attached hydrogen (secondary N) is 2. The number of ether oxygens (including phenoxy) is 3. The third-order valence-electron chi connectivity index (χ3n) is 4.76. The number of halogens is 2. The van der Waals surface area contributed by atoms with Gasteiger partial charge < -0.3 is 24.8 Å². The van der Waals surface area contributed by atoms with Crippen LogP contribution in [0, 0.1) is 0 Å². The number of esters is 1. The van der Waals surface area contributed by atoms with E-state index in [4.69, 9.17) is 49.6 Å². The quantitative estimate of drug-likeness (QED) is 0.379. The van der Waals surface area contributed by atoms with Crippen LogP contribution in [0.4, 0.5) is 0 Å². The van der Waals surface area contributed by atoms with E-state index in [2.05, 4.69) is 10.6 Å². The molecule has 0 bridgehead atoms. The van der Waals surface area contributed by atoms with Gasteiger partial charge in [0, 0.05) is 21.3 Å². The molecule has 3 rings (SSSR count). The third kappa shape index (κ3) is 5.65. The molecule has 2 N–H and O–H groups in total. The second kappa shape index (κ2) is 10.9. The molecule has 32 heavy (non-hydrogen) atoms. The maximum atomic E-state index is 12.6. The minimum Gasteiger partial charge on any atom is -0.490 e. The molecule has 0 saturated heterocycles. The molecule has 0 spiro atoms. The van der Waals surface area contributed by atoms with Gasteiger partial charge in [-0.15, -0.1) is 0 Å². The Bertz CT molecular complexity index is 1060. The Morgan fingerprint density at radius 3 is 2.53 bits per heavy atom. The van der Waals surface area contributed by atoms with Crippen LogP contribution in [0.15, 0.2) is 47.7 Å². The lowest BCUT2D eigenvalue weighted by Crippen LogP contribution is -2.45. The minimum atomic E-state index is -0.484. The highest BCUT2D eigenvalue weighted by Gasteiger charge is 2.31. The Morgan fingerprint density at radius 1 is 1.06 bits per heavy atom. The first-order chi connectivity index (χ1) is 15.3. The summed E-state index contributed by atoms with van der Waals surface area (Å²) in [5.74, 6) is 0.687. The zero-order valence-corrected chi connectivity index (χ0v) is 20.3. The second-order valence-corrected chi connectivity index (χ2v) is 8.21. The molecule has 1 aliphatic heterocycles. The first-order valence-corrected chi connectivity index (χ1v) is 11.3. The molecular weight excluding hydrogens is 471 g/mol. The van der Waals surface area contributed by atoms with Crippen LogP contribution in [0.1, 0.15) is 37.9 Å². The van der Waals surface area contributed by atoms with Crippen molar-refractivity contribution in [1.82, 2.24) is 10.6 Å². The minimum absolute atomic E-state index is 0.248. The molecule has 0 fully saturated rings. The van der Waals surface area contributed by atoms with E-state index in [9.17, 15) is 4.79 Å². The molecule has 0 unspecified atom stereocenters. The predicted molar refractivity (Wildman–Crippen MR) is 129 cm³/mol. The first-order valence-electron chi connectivity index (χ1n) is 10.1. The lowest BCUT2D eigenvalue weighted by molar-refractivity contribution is -0.139. The number of carbonyl (C=O) groups excluding carboxylic acids is 1. The molecule has 9 heteroatoms. The van der Waals surface area contributed by atoms with E-state index in [1.54, 1.807) is 32.0 Å². The van der Waals surface area contributed by atoms with E-state index in [1.165, 1.54) is 0 Å². The summed E-state index contributed by atoms with van der Waals surface area (Å²) in [5.41, 5.74) is 2.70. The van der Waals surface area contributed by atoms with Crippen molar-refractivity contribution in [3.05, 3.63) is 68.8 Å². The summed E-state index contributed by atoms with van der Waals surface area (Å²) in [7, 11) is 0. The number of allylic oxidation sites excluding steroid dienone is 1. The van der Waals surface area contributed by atoms with Crippen molar-refractivity contribution in [2.75, 3.05) is 13.2 Å². The number of thiocarbonyl (C=S) groups is 1. The summed E-state index contributed by atoms with van der Waals surface area (Å²) in [5, 5.41) is 7.65. The van der Waals surface area contributed by atoms with E-state index in [0.29, 0.717) is 44.5 Å². The van der Waals surface area contributed by atoms with Crippen LogP contribution in [-0.2, 0) is 16.1 Å². The largest absolute Gasteiger partial charge is 0.490 e. The van der Waals surface area contributed by atoms with Crippen LogP contribution in [0.3, 0.4) is 0 Å². The van der Waals surface area contributed by atoms with Crippen LogP contribution in [0.2, 0.25) is 10.0 Å². The number of hydrogen-bond acceptors (Lipinski definition) is 5. The number of carbonyl (C=O) groups is 1. The van der Waals surface area contributed by atoms with E-state index in [-0.39, 0.29) is 13.2 Å². The molecule has 0 amide bonds. The normalized spacial score (nSPS) is 15.7. The van der Waals surface area contributed by atoms with Gasteiger partial charge in [0.05, 0.1) is 24.8 Å². The molecule has 1 heterocycles. The molecule has 0 aliphatic carbocycles. The van der Waals surface area contributed by atoms with E-state index < -0.39 is 12.0 Å². The average Bonchev–Trinajstić information content (AvgIpc) is 2.73. The Hall–Kier alpha value is -2.48. The van der Waals surface area contributed by atoms with Gasteiger partial charge in [0.15, 0.2) is 16.6 Å². The van der Waals surface area contributed by atoms with Gasteiger partial charge in [-0.3, -0.25) is 0 Å². The van der Waals surface area contributed by atoms with E-state index in [1.807, 2.05) is 25.1 Å². The zero-order valence-electron chi connectivity index (χ0n) is 18.0. The van der Waals surface area contributed by atoms with Crippen LogP contribution < -0.4 is 20.1 Å². The molecular formula is C23H24Cl2N2O4S. The summed E-state index contributed by atoms with van der Waals surface area (Å²) >= 11 is 17.5. The highest BCUT2D eigenvalue weighted by Crippen LogP contribution is 2.35. The highest BCUT2D eigenvalue weighted by atomic mass is 35.5.